The molecular weight excluding hydrogens is 184 g/mol. The second-order valence-corrected chi connectivity index (χ2v) is 3.12. The number of ether oxygens (including phenoxy) is 1. The highest BCUT2D eigenvalue weighted by molar-refractivity contribution is 6.05. The molecule has 14 heavy (non-hydrogen) atoms. The van der Waals surface area contributed by atoms with Gasteiger partial charge < -0.3 is 10.1 Å². The van der Waals surface area contributed by atoms with Crippen molar-refractivity contribution in [2.75, 3.05) is 0 Å². The molecule has 2 unspecified atom stereocenters. The Labute approximate surface area is 82.5 Å². The van der Waals surface area contributed by atoms with Crippen molar-refractivity contribution in [3.63, 3.8) is 0 Å². The lowest BCUT2D eigenvalue weighted by molar-refractivity contribution is -0.119. The molecule has 0 aromatic rings. The number of urea groups is 1. The highest BCUT2D eigenvalue weighted by Crippen LogP contribution is 1.99. The van der Waals surface area contributed by atoms with E-state index in [0.717, 1.165) is 6.42 Å². The van der Waals surface area contributed by atoms with Crippen molar-refractivity contribution in [3.8, 4) is 0 Å². The number of carbonyl (C=O) groups excluding carboxylic acids is 2. The summed E-state index contributed by atoms with van der Waals surface area (Å²) in [6, 6.07) is -1.07. The topological polar surface area (TPSA) is 67.4 Å². The van der Waals surface area contributed by atoms with Crippen LogP contribution in [-0.4, -0.2) is 24.1 Å². The number of imide groups is 1. The van der Waals surface area contributed by atoms with Crippen LogP contribution in [0.3, 0.4) is 0 Å². The lowest BCUT2D eigenvalue weighted by Gasteiger charge is -2.07. The molecule has 0 spiro atoms. The van der Waals surface area contributed by atoms with E-state index >= 15 is 0 Å². The Morgan fingerprint density at radius 1 is 1.57 bits per heavy atom. The second kappa shape index (κ2) is 4.64. The molecule has 5 heteroatoms. The van der Waals surface area contributed by atoms with Crippen LogP contribution in [0.2, 0.25) is 0 Å². The molecule has 2 N–H and O–H groups in total. The smallest absolute Gasteiger partial charge is 0.322 e. The quantitative estimate of drug-likeness (QED) is 0.511. The fourth-order valence-corrected chi connectivity index (χ4v) is 0.922. The maximum atomic E-state index is 11.0. The van der Waals surface area contributed by atoms with Gasteiger partial charge in [0.05, 0.1) is 12.4 Å². The third kappa shape index (κ3) is 2.76. The van der Waals surface area contributed by atoms with E-state index < -0.39 is 12.1 Å². The summed E-state index contributed by atoms with van der Waals surface area (Å²) in [6.07, 6.45) is 3.98. The summed E-state index contributed by atoms with van der Waals surface area (Å²) in [7, 11) is 0. The first-order valence-electron chi connectivity index (χ1n) is 4.57. The molecule has 1 aliphatic rings. The summed E-state index contributed by atoms with van der Waals surface area (Å²) in [4.78, 5) is 21.7. The van der Waals surface area contributed by atoms with Crippen molar-refractivity contribution >= 4 is 11.9 Å². The predicted octanol–water partition coefficient (Wildman–Crippen LogP) is 0.523. The number of hydrogen-bond acceptors (Lipinski definition) is 3. The summed E-state index contributed by atoms with van der Waals surface area (Å²) in [5.41, 5.74) is 0. The first kappa shape index (κ1) is 10.6. The van der Waals surface area contributed by atoms with E-state index in [0.29, 0.717) is 0 Å². The van der Waals surface area contributed by atoms with Gasteiger partial charge in [0.1, 0.15) is 6.04 Å². The second-order valence-electron chi connectivity index (χ2n) is 3.12. The van der Waals surface area contributed by atoms with E-state index in [1.807, 2.05) is 13.8 Å². The zero-order chi connectivity index (χ0) is 10.6. The van der Waals surface area contributed by atoms with Gasteiger partial charge in [-0.2, -0.15) is 0 Å². The van der Waals surface area contributed by atoms with Crippen LogP contribution in [0.15, 0.2) is 12.3 Å². The Hall–Kier alpha value is -1.52. The standard InChI is InChI=1S/C9H14N2O3/c1-3-6(2)14-5-4-7-8(12)11-9(13)10-7/h4-7H,3H2,1-2H3,(H2,10,11,12,13). The minimum atomic E-state index is -0.605. The van der Waals surface area contributed by atoms with Gasteiger partial charge in [-0.3, -0.25) is 10.1 Å². The van der Waals surface area contributed by atoms with E-state index in [2.05, 4.69) is 10.6 Å². The fraction of sp³-hybridized carbons (Fsp3) is 0.556. The number of carbonyl (C=O) groups is 2. The largest absolute Gasteiger partial charge is 0.499 e. The van der Waals surface area contributed by atoms with Gasteiger partial charge in [-0.05, 0) is 19.4 Å². The highest BCUT2D eigenvalue weighted by atomic mass is 16.5. The number of hydrogen-bond donors (Lipinski definition) is 2. The van der Waals surface area contributed by atoms with Gasteiger partial charge in [-0.1, -0.05) is 6.92 Å². The lowest BCUT2D eigenvalue weighted by atomic mass is 10.3. The summed E-state index contributed by atoms with van der Waals surface area (Å²) in [5.74, 6) is -0.348. The van der Waals surface area contributed by atoms with Crippen molar-refractivity contribution in [2.45, 2.75) is 32.4 Å². The summed E-state index contributed by atoms with van der Waals surface area (Å²) >= 11 is 0. The Morgan fingerprint density at radius 3 is 2.79 bits per heavy atom. The molecular formula is C9H14N2O3. The van der Waals surface area contributed by atoms with Crippen molar-refractivity contribution < 1.29 is 14.3 Å². The van der Waals surface area contributed by atoms with Crippen molar-refractivity contribution in [3.05, 3.63) is 12.3 Å². The maximum absolute atomic E-state index is 11.0. The molecule has 1 aliphatic heterocycles. The van der Waals surface area contributed by atoms with Gasteiger partial charge in [0.15, 0.2) is 0 Å². The third-order valence-electron chi connectivity index (χ3n) is 1.96. The first-order chi connectivity index (χ1) is 6.63. The van der Waals surface area contributed by atoms with Crippen LogP contribution in [0.4, 0.5) is 4.79 Å². The molecule has 0 saturated carbocycles. The van der Waals surface area contributed by atoms with E-state index in [9.17, 15) is 9.59 Å². The minimum absolute atomic E-state index is 0.117. The van der Waals surface area contributed by atoms with E-state index in [1.54, 1.807) is 0 Å². The molecule has 5 nitrogen and oxygen atoms in total. The summed E-state index contributed by atoms with van der Waals surface area (Å²) in [6.45, 7) is 3.93. The lowest BCUT2D eigenvalue weighted by Crippen LogP contribution is -2.26. The Kier molecular flexibility index (Phi) is 3.50. The van der Waals surface area contributed by atoms with Gasteiger partial charge in [-0.25, -0.2) is 4.79 Å². The van der Waals surface area contributed by atoms with E-state index in [4.69, 9.17) is 4.74 Å². The van der Waals surface area contributed by atoms with E-state index in [-0.39, 0.29) is 12.0 Å². The number of rotatable bonds is 4. The van der Waals surface area contributed by atoms with Crippen molar-refractivity contribution in [2.24, 2.45) is 0 Å². The Morgan fingerprint density at radius 2 is 2.29 bits per heavy atom. The van der Waals surface area contributed by atoms with Gasteiger partial charge in [0, 0.05) is 0 Å². The molecule has 1 rings (SSSR count). The normalized spacial score (nSPS) is 23.4. The Balaban J connectivity index is 2.37. The van der Waals surface area contributed by atoms with Crippen LogP contribution in [-0.2, 0) is 9.53 Å². The predicted molar refractivity (Wildman–Crippen MR) is 50.4 cm³/mol. The molecule has 78 valence electrons. The van der Waals surface area contributed by atoms with Gasteiger partial charge >= 0.3 is 6.03 Å². The monoisotopic (exact) mass is 198 g/mol. The molecule has 2 atom stereocenters. The summed E-state index contributed by atoms with van der Waals surface area (Å²) in [5, 5.41) is 4.55. The average molecular weight is 198 g/mol. The maximum Gasteiger partial charge on any atom is 0.322 e. The number of nitrogens with one attached hydrogen (secondary N) is 2. The third-order valence-corrected chi connectivity index (χ3v) is 1.96. The van der Waals surface area contributed by atoms with Gasteiger partial charge in [0.25, 0.3) is 5.91 Å². The fourth-order valence-electron chi connectivity index (χ4n) is 0.922. The zero-order valence-electron chi connectivity index (χ0n) is 8.24. The van der Waals surface area contributed by atoms with Crippen LogP contribution in [0.1, 0.15) is 20.3 Å². The molecule has 3 amide bonds. The Bertz CT molecular complexity index is 263. The molecule has 0 aliphatic carbocycles. The van der Waals surface area contributed by atoms with Crippen molar-refractivity contribution in [1.82, 2.24) is 10.6 Å². The molecule has 0 radical (unpaired) electrons. The van der Waals surface area contributed by atoms with Gasteiger partial charge in [0.2, 0.25) is 0 Å². The molecule has 0 aromatic carbocycles. The zero-order valence-corrected chi connectivity index (χ0v) is 8.24. The minimum Gasteiger partial charge on any atom is -0.499 e. The van der Waals surface area contributed by atoms with E-state index in [1.165, 1.54) is 12.3 Å². The van der Waals surface area contributed by atoms with Crippen LogP contribution >= 0.6 is 0 Å². The van der Waals surface area contributed by atoms with Crippen LogP contribution in [0, 0.1) is 0 Å². The molecule has 1 fully saturated rings. The summed E-state index contributed by atoms with van der Waals surface area (Å²) < 4.78 is 5.22. The van der Waals surface area contributed by atoms with Gasteiger partial charge in [-0.15, -0.1) is 0 Å². The van der Waals surface area contributed by atoms with Crippen LogP contribution in [0.25, 0.3) is 0 Å². The molecule has 1 heterocycles. The highest BCUT2D eigenvalue weighted by Gasteiger charge is 2.26. The molecule has 0 aromatic heterocycles. The SMILES string of the molecule is CCC(C)OC=CC1NC(=O)NC1=O. The number of amides is 3. The van der Waals surface area contributed by atoms with Crippen molar-refractivity contribution in [1.29, 1.82) is 0 Å². The molecule has 1 saturated heterocycles. The van der Waals surface area contributed by atoms with Crippen LogP contribution < -0.4 is 10.6 Å². The van der Waals surface area contributed by atoms with Crippen LogP contribution in [0.5, 0.6) is 0 Å². The average Bonchev–Trinajstić information content (AvgIpc) is 2.45. The molecule has 0 bridgehead atoms. The first-order valence-corrected chi connectivity index (χ1v) is 4.57.